The molecule has 5 heteroatoms. The molecule has 1 saturated carbocycles. The number of nitrogens with one attached hydrogen (secondary N) is 1. The van der Waals surface area contributed by atoms with Gasteiger partial charge in [0.15, 0.2) is 0 Å². The first-order chi connectivity index (χ1) is 11.5. The summed E-state index contributed by atoms with van der Waals surface area (Å²) in [4.78, 5) is 12.8. The molecule has 2 atom stereocenters. The number of rotatable bonds is 6. The molecule has 2 rings (SSSR count). The van der Waals surface area contributed by atoms with Gasteiger partial charge in [0.1, 0.15) is 17.4 Å². The molecule has 0 heterocycles. The average molecular weight is 330 g/mol. The number of carbonyl (C=O) groups is 1. The van der Waals surface area contributed by atoms with E-state index in [0.29, 0.717) is 29.5 Å². The lowest BCUT2D eigenvalue weighted by atomic mass is 9.78. The zero-order chi connectivity index (χ0) is 17.6. The van der Waals surface area contributed by atoms with Crippen molar-refractivity contribution in [1.82, 2.24) is 0 Å². The van der Waals surface area contributed by atoms with Crippen LogP contribution < -0.4 is 10.1 Å². The Morgan fingerprint density at radius 3 is 2.92 bits per heavy atom. The highest BCUT2D eigenvalue weighted by Crippen LogP contribution is 2.36. The molecular weight excluding hydrogens is 304 g/mol. The largest absolute Gasteiger partial charge is 0.492 e. The van der Waals surface area contributed by atoms with Crippen LogP contribution in [0.2, 0.25) is 0 Å². The van der Waals surface area contributed by atoms with Crippen molar-refractivity contribution in [3.63, 3.8) is 0 Å². The second-order valence-electron chi connectivity index (χ2n) is 6.53. The van der Waals surface area contributed by atoms with Gasteiger partial charge in [0, 0.05) is 12.8 Å². The van der Waals surface area contributed by atoms with Gasteiger partial charge in [0.2, 0.25) is 0 Å². The molecule has 1 fully saturated rings. The molecule has 0 saturated heterocycles. The molecule has 0 aromatic heterocycles. The molecule has 1 aliphatic carbocycles. The molecule has 0 aliphatic heterocycles. The maximum absolute atomic E-state index is 12.8. The van der Waals surface area contributed by atoms with E-state index in [-0.39, 0.29) is 5.91 Å². The van der Waals surface area contributed by atoms with Gasteiger partial charge in [-0.15, -0.1) is 0 Å². The Morgan fingerprint density at radius 1 is 1.50 bits per heavy atom. The van der Waals surface area contributed by atoms with Crippen molar-refractivity contribution in [2.24, 2.45) is 5.92 Å². The molecule has 0 spiro atoms. The molecule has 130 valence electrons. The van der Waals surface area contributed by atoms with E-state index in [1.165, 1.54) is 0 Å². The highest BCUT2D eigenvalue weighted by molar-refractivity contribution is 5.97. The molecule has 1 amide bonds. The lowest BCUT2D eigenvalue weighted by Gasteiger charge is -2.37. The molecule has 1 N–H and O–H groups in total. The van der Waals surface area contributed by atoms with Crippen LogP contribution >= 0.6 is 0 Å². The minimum Gasteiger partial charge on any atom is -0.492 e. The Labute approximate surface area is 144 Å². The van der Waals surface area contributed by atoms with Crippen molar-refractivity contribution in [3.8, 4) is 11.8 Å². The lowest BCUT2D eigenvalue weighted by Crippen LogP contribution is -2.47. The van der Waals surface area contributed by atoms with Crippen LogP contribution in [-0.4, -0.2) is 25.2 Å². The Hall–Kier alpha value is -2.06. The monoisotopic (exact) mass is 330 g/mol. The molecule has 1 aromatic carbocycles. The van der Waals surface area contributed by atoms with Crippen molar-refractivity contribution in [2.75, 3.05) is 19.0 Å². The quantitative estimate of drug-likeness (QED) is 0.859. The van der Waals surface area contributed by atoms with E-state index in [1.54, 1.807) is 25.3 Å². The van der Waals surface area contributed by atoms with Crippen molar-refractivity contribution >= 4 is 11.6 Å². The second-order valence-corrected chi connectivity index (χ2v) is 6.53. The smallest absolute Gasteiger partial charge is 0.256 e. The third-order valence-electron chi connectivity index (χ3n) is 4.58. The molecule has 1 aromatic rings. The normalized spacial score (nSPS) is 23.3. The standard InChI is InChI=1S/C19H26N2O3/c1-4-10-24-17-8-7-16(11-15(17)13-20)21-18(22)19(23-3)9-5-6-14(2)12-19/h7-8,11,14H,4-6,9-10,12H2,1-3H3,(H,21,22)/t14-,19+/m1/s1. The van der Waals surface area contributed by atoms with Crippen LogP contribution in [0, 0.1) is 17.2 Å². The average Bonchev–Trinajstić information content (AvgIpc) is 2.60. The van der Waals surface area contributed by atoms with Crippen molar-refractivity contribution in [2.45, 2.75) is 51.6 Å². The van der Waals surface area contributed by atoms with Gasteiger partial charge >= 0.3 is 0 Å². The van der Waals surface area contributed by atoms with Gasteiger partial charge in [0.25, 0.3) is 5.91 Å². The summed E-state index contributed by atoms with van der Waals surface area (Å²) in [6.45, 7) is 4.72. The van der Waals surface area contributed by atoms with Crippen LogP contribution in [0.25, 0.3) is 0 Å². The van der Waals surface area contributed by atoms with Gasteiger partial charge in [0.05, 0.1) is 12.2 Å². The first-order valence-electron chi connectivity index (χ1n) is 8.58. The molecule has 24 heavy (non-hydrogen) atoms. The summed E-state index contributed by atoms with van der Waals surface area (Å²) < 4.78 is 11.2. The van der Waals surface area contributed by atoms with Crippen molar-refractivity contribution in [1.29, 1.82) is 5.26 Å². The van der Waals surface area contributed by atoms with E-state index in [9.17, 15) is 10.1 Å². The Balaban J connectivity index is 2.15. The second kappa shape index (κ2) is 8.16. The summed E-state index contributed by atoms with van der Waals surface area (Å²) in [7, 11) is 1.60. The van der Waals surface area contributed by atoms with Crippen molar-refractivity contribution in [3.05, 3.63) is 23.8 Å². The van der Waals surface area contributed by atoms with Crippen LogP contribution in [0.3, 0.4) is 0 Å². The van der Waals surface area contributed by atoms with Gasteiger partial charge in [-0.3, -0.25) is 4.79 Å². The van der Waals surface area contributed by atoms with Crippen LogP contribution in [0.4, 0.5) is 5.69 Å². The zero-order valence-corrected chi connectivity index (χ0v) is 14.7. The minimum absolute atomic E-state index is 0.136. The first-order valence-corrected chi connectivity index (χ1v) is 8.58. The third-order valence-corrected chi connectivity index (χ3v) is 4.58. The van der Waals surface area contributed by atoms with Gasteiger partial charge in [-0.05, 0) is 49.8 Å². The van der Waals surface area contributed by atoms with E-state index in [0.717, 1.165) is 32.1 Å². The van der Waals surface area contributed by atoms with E-state index in [1.807, 2.05) is 6.92 Å². The summed E-state index contributed by atoms with van der Waals surface area (Å²) in [5.74, 6) is 0.872. The fourth-order valence-electron chi connectivity index (χ4n) is 3.27. The van der Waals surface area contributed by atoms with Gasteiger partial charge < -0.3 is 14.8 Å². The molecule has 0 bridgehead atoms. The number of nitrogens with zero attached hydrogens (tertiary/aromatic N) is 1. The topological polar surface area (TPSA) is 71.3 Å². The number of carbonyl (C=O) groups excluding carboxylic acids is 1. The maximum Gasteiger partial charge on any atom is 0.256 e. The summed E-state index contributed by atoms with van der Waals surface area (Å²) in [6.07, 6.45) is 4.43. The summed E-state index contributed by atoms with van der Waals surface area (Å²) >= 11 is 0. The van der Waals surface area contributed by atoms with Gasteiger partial charge in [-0.1, -0.05) is 20.3 Å². The van der Waals surface area contributed by atoms with E-state index < -0.39 is 5.60 Å². The molecule has 1 aliphatic rings. The molecule has 5 nitrogen and oxygen atoms in total. The summed E-state index contributed by atoms with van der Waals surface area (Å²) in [5.41, 5.74) is 0.238. The van der Waals surface area contributed by atoms with Crippen LogP contribution in [0.5, 0.6) is 5.75 Å². The SMILES string of the molecule is CCCOc1ccc(NC(=O)[C@]2(OC)CCC[C@@H](C)C2)cc1C#N. The molecular formula is C19H26N2O3. The van der Waals surface area contributed by atoms with Crippen molar-refractivity contribution < 1.29 is 14.3 Å². The molecule has 0 unspecified atom stereocenters. The highest BCUT2D eigenvalue weighted by atomic mass is 16.5. The Morgan fingerprint density at radius 2 is 2.29 bits per heavy atom. The van der Waals surface area contributed by atoms with Gasteiger partial charge in [-0.25, -0.2) is 0 Å². The van der Waals surface area contributed by atoms with Crippen LogP contribution in [0.1, 0.15) is 51.5 Å². The number of amides is 1. The van der Waals surface area contributed by atoms with Gasteiger partial charge in [-0.2, -0.15) is 5.26 Å². The lowest BCUT2D eigenvalue weighted by molar-refractivity contribution is -0.143. The predicted molar refractivity (Wildman–Crippen MR) is 92.9 cm³/mol. The summed E-state index contributed by atoms with van der Waals surface area (Å²) in [6, 6.07) is 7.26. The summed E-state index contributed by atoms with van der Waals surface area (Å²) in [5, 5.41) is 12.2. The molecule has 0 radical (unpaired) electrons. The number of ether oxygens (including phenoxy) is 2. The maximum atomic E-state index is 12.8. The minimum atomic E-state index is -0.776. The number of methoxy groups -OCH3 is 1. The predicted octanol–water partition coefficient (Wildman–Crippen LogP) is 3.88. The zero-order valence-electron chi connectivity index (χ0n) is 14.7. The number of benzene rings is 1. The fraction of sp³-hybridized carbons (Fsp3) is 0.579. The van der Waals surface area contributed by atoms with Crippen LogP contribution in [0.15, 0.2) is 18.2 Å². The number of nitriles is 1. The highest BCUT2D eigenvalue weighted by Gasteiger charge is 2.42. The van der Waals surface area contributed by atoms with E-state index in [2.05, 4.69) is 18.3 Å². The number of hydrogen-bond donors (Lipinski definition) is 1. The Bertz CT molecular complexity index is 624. The van der Waals surface area contributed by atoms with E-state index in [4.69, 9.17) is 9.47 Å². The first kappa shape index (κ1) is 18.3. The third kappa shape index (κ3) is 4.07. The number of hydrogen-bond acceptors (Lipinski definition) is 4. The fourth-order valence-corrected chi connectivity index (χ4v) is 3.27. The van der Waals surface area contributed by atoms with E-state index >= 15 is 0 Å². The van der Waals surface area contributed by atoms with Crippen LogP contribution in [-0.2, 0) is 9.53 Å². The number of anilines is 1. The Kier molecular flexibility index (Phi) is 6.22.